The molecule has 0 saturated carbocycles. The van der Waals surface area contributed by atoms with Gasteiger partial charge in [-0.05, 0) is 12.0 Å². The number of unbranched alkanes of at least 4 members (excludes halogenated alkanes) is 5. The molecule has 1 amide bonds. The van der Waals surface area contributed by atoms with Gasteiger partial charge in [-0.3, -0.25) is 9.59 Å². The van der Waals surface area contributed by atoms with E-state index in [1.54, 1.807) is 0 Å². The Morgan fingerprint density at radius 2 is 1.62 bits per heavy atom. The van der Waals surface area contributed by atoms with E-state index in [9.17, 15) is 9.59 Å². The highest BCUT2D eigenvalue weighted by Crippen LogP contribution is 2.08. The number of carboxylic acid groups (broad SMARTS) is 1. The first-order valence-corrected chi connectivity index (χ1v) is 8.76. The fourth-order valence-corrected chi connectivity index (χ4v) is 2.37. The van der Waals surface area contributed by atoms with Crippen molar-refractivity contribution in [3.8, 4) is 0 Å². The van der Waals surface area contributed by atoms with Gasteiger partial charge in [0.25, 0.3) is 0 Å². The van der Waals surface area contributed by atoms with E-state index in [1.807, 2.05) is 30.3 Å². The summed E-state index contributed by atoms with van der Waals surface area (Å²) in [6.45, 7) is 2.18. The smallest absolute Gasteiger partial charge is 0.303 e. The molecule has 0 aliphatic rings. The molecule has 24 heavy (non-hydrogen) atoms. The van der Waals surface area contributed by atoms with E-state index >= 15 is 0 Å². The van der Waals surface area contributed by atoms with Crippen molar-refractivity contribution in [3.05, 3.63) is 35.9 Å². The molecule has 0 spiro atoms. The minimum Gasteiger partial charge on any atom is -0.481 e. The number of carbonyl (C=O) groups is 2. The van der Waals surface area contributed by atoms with Crippen LogP contribution in [0.15, 0.2) is 35.4 Å². The molecular formula is C19H28N2O3. The maximum Gasteiger partial charge on any atom is 0.303 e. The van der Waals surface area contributed by atoms with E-state index in [0.29, 0.717) is 12.1 Å². The summed E-state index contributed by atoms with van der Waals surface area (Å²) in [7, 11) is 0. The molecule has 0 saturated heterocycles. The van der Waals surface area contributed by atoms with Gasteiger partial charge in [-0.15, -0.1) is 0 Å². The highest BCUT2D eigenvalue weighted by molar-refractivity contribution is 6.02. The lowest BCUT2D eigenvalue weighted by Crippen LogP contribution is -2.20. The van der Waals surface area contributed by atoms with E-state index < -0.39 is 5.97 Å². The lowest BCUT2D eigenvalue weighted by atomic mass is 10.1. The number of rotatable bonds is 12. The van der Waals surface area contributed by atoms with Crippen molar-refractivity contribution in [1.82, 2.24) is 5.43 Å². The highest BCUT2D eigenvalue weighted by Gasteiger charge is 2.08. The Morgan fingerprint density at radius 1 is 0.958 bits per heavy atom. The summed E-state index contributed by atoms with van der Waals surface area (Å²) in [6, 6.07) is 9.34. The fraction of sp³-hybridized carbons (Fsp3) is 0.526. The molecule has 1 aromatic rings. The number of hydrazone groups is 1. The number of aliphatic carboxylic acids is 1. The third-order valence-electron chi connectivity index (χ3n) is 3.76. The second-order valence-corrected chi connectivity index (χ2v) is 5.87. The van der Waals surface area contributed by atoms with Gasteiger partial charge in [-0.2, -0.15) is 5.10 Å². The molecule has 0 unspecified atom stereocenters. The van der Waals surface area contributed by atoms with Crippen molar-refractivity contribution >= 4 is 17.6 Å². The number of carbonyl (C=O) groups excluding carboxylic acids is 1. The molecule has 0 fully saturated rings. The average molecular weight is 332 g/mol. The van der Waals surface area contributed by atoms with E-state index in [2.05, 4.69) is 17.5 Å². The molecule has 2 N–H and O–H groups in total. The quantitative estimate of drug-likeness (QED) is 0.343. The second-order valence-electron chi connectivity index (χ2n) is 5.87. The van der Waals surface area contributed by atoms with Gasteiger partial charge in [0.1, 0.15) is 0 Å². The predicted molar refractivity (Wildman–Crippen MR) is 96.0 cm³/mol. The first-order valence-electron chi connectivity index (χ1n) is 8.76. The lowest BCUT2D eigenvalue weighted by Gasteiger charge is -2.06. The summed E-state index contributed by atoms with van der Waals surface area (Å²) < 4.78 is 0. The lowest BCUT2D eigenvalue weighted by molar-refractivity contribution is -0.136. The highest BCUT2D eigenvalue weighted by atomic mass is 16.4. The Kier molecular flexibility index (Phi) is 10.2. The van der Waals surface area contributed by atoms with Gasteiger partial charge in [-0.25, -0.2) is 5.43 Å². The number of hydrogen-bond donors (Lipinski definition) is 2. The minimum absolute atomic E-state index is 0.0129. The zero-order valence-electron chi connectivity index (χ0n) is 14.5. The van der Waals surface area contributed by atoms with Crippen molar-refractivity contribution in [1.29, 1.82) is 0 Å². The van der Waals surface area contributed by atoms with Crippen molar-refractivity contribution in [2.45, 2.75) is 64.7 Å². The third-order valence-corrected chi connectivity index (χ3v) is 3.76. The van der Waals surface area contributed by atoms with Gasteiger partial charge in [0, 0.05) is 12.8 Å². The molecule has 0 aliphatic heterocycles. The van der Waals surface area contributed by atoms with Crippen LogP contribution in [0.3, 0.4) is 0 Å². The Labute approximate surface area is 144 Å². The topological polar surface area (TPSA) is 78.8 Å². The molecule has 5 heteroatoms. The van der Waals surface area contributed by atoms with Crippen molar-refractivity contribution in [2.75, 3.05) is 0 Å². The first-order chi connectivity index (χ1) is 11.6. The molecule has 1 aromatic carbocycles. The number of carboxylic acids is 1. The van der Waals surface area contributed by atoms with Crippen LogP contribution in [-0.2, 0) is 9.59 Å². The maximum absolute atomic E-state index is 11.9. The Hall–Kier alpha value is -2.17. The Bertz CT molecular complexity index is 527. The molecule has 0 atom stereocenters. The van der Waals surface area contributed by atoms with Gasteiger partial charge in [0.2, 0.25) is 5.91 Å². The van der Waals surface area contributed by atoms with Gasteiger partial charge in [0.15, 0.2) is 0 Å². The summed E-state index contributed by atoms with van der Waals surface area (Å²) >= 11 is 0. The summed E-state index contributed by atoms with van der Waals surface area (Å²) in [5.41, 5.74) is 3.99. The molecule has 1 rings (SSSR count). The van der Waals surface area contributed by atoms with Crippen molar-refractivity contribution < 1.29 is 14.7 Å². The molecule has 0 aromatic heterocycles. The van der Waals surface area contributed by atoms with Crippen LogP contribution in [-0.4, -0.2) is 22.7 Å². The molecule has 0 bridgehead atoms. The third kappa shape index (κ3) is 9.08. The fourth-order valence-electron chi connectivity index (χ4n) is 2.37. The second kappa shape index (κ2) is 12.3. The monoisotopic (exact) mass is 332 g/mol. The molecule has 0 radical (unpaired) electrons. The van der Waals surface area contributed by atoms with E-state index in [1.165, 1.54) is 19.3 Å². The van der Waals surface area contributed by atoms with E-state index in [-0.39, 0.29) is 18.7 Å². The predicted octanol–water partition coefficient (Wildman–Crippen LogP) is 4.12. The van der Waals surface area contributed by atoms with E-state index in [0.717, 1.165) is 24.8 Å². The SMILES string of the molecule is CCCCCCCCC(=O)N/N=C(/CCC(=O)O)c1ccccc1. The van der Waals surface area contributed by atoms with Crippen LogP contribution in [0.5, 0.6) is 0 Å². The zero-order valence-corrected chi connectivity index (χ0v) is 14.5. The minimum atomic E-state index is -0.878. The molecule has 0 aliphatic carbocycles. The van der Waals surface area contributed by atoms with Gasteiger partial charge in [-0.1, -0.05) is 69.4 Å². The summed E-state index contributed by atoms with van der Waals surface area (Å²) in [6.07, 6.45) is 7.51. The Morgan fingerprint density at radius 3 is 2.29 bits per heavy atom. The number of amides is 1. The Balaban J connectivity index is 2.45. The van der Waals surface area contributed by atoms with Crippen LogP contribution < -0.4 is 5.43 Å². The normalized spacial score (nSPS) is 11.3. The van der Waals surface area contributed by atoms with Crippen molar-refractivity contribution in [2.24, 2.45) is 5.10 Å². The summed E-state index contributed by atoms with van der Waals surface area (Å²) in [5.74, 6) is -0.994. The zero-order chi connectivity index (χ0) is 17.6. The van der Waals surface area contributed by atoms with Crippen molar-refractivity contribution in [3.63, 3.8) is 0 Å². The van der Waals surface area contributed by atoms with Crippen LogP contribution >= 0.6 is 0 Å². The van der Waals surface area contributed by atoms with Crippen LogP contribution in [0.1, 0.15) is 70.3 Å². The van der Waals surface area contributed by atoms with Crippen LogP contribution in [0.25, 0.3) is 0 Å². The standard InChI is InChI=1S/C19H28N2O3/c1-2-3-4-5-6-10-13-18(22)21-20-17(14-15-19(23)24)16-11-8-7-9-12-16/h7-9,11-12H,2-6,10,13-15H2,1H3,(H,21,22)(H,23,24)/b20-17-. The van der Waals surface area contributed by atoms with E-state index in [4.69, 9.17) is 5.11 Å². The summed E-state index contributed by atoms with van der Waals surface area (Å²) in [4.78, 5) is 22.7. The number of hydrogen-bond acceptors (Lipinski definition) is 3. The van der Waals surface area contributed by atoms with Gasteiger partial charge >= 0.3 is 5.97 Å². The molecule has 0 heterocycles. The molecule has 132 valence electrons. The maximum atomic E-state index is 11.9. The molecular weight excluding hydrogens is 304 g/mol. The first kappa shape index (κ1) is 19.9. The number of nitrogens with zero attached hydrogens (tertiary/aromatic N) is 1. The summed E-state index contributed by atoms with van der Waals surface area (Å²) in [5, 5.41) is 13.0. The van der Waals surface area contributed by atoms with Gasteiger partial charge < -0.3 is 5.11 Å². The molecule has 5 nitrogen and oxygen atoms in total. The number of nitrogens with one attached hydrogen (secondary N) is 1. The van der Waals surface area contributed by atoms with Crippen LogP contribution in [0, 0.1) is 0 Å². The average Bonchev–Trinajstić information content (AvgIpc) is 2.58. The van der Waals surface area contributed by atoms with Crippen LogP contribution in [0.2, 0.25) is 0 Å². The van der Waals surface area contributed by atoms with Gasteiger partial charge in [0.05, 0.1) is 12.1 Å². The largest absolute Gasteiger partial charge is 0.481 e. The van der Waals surface area contributed by atoms with Crippen LogP contribution in [0.4, 0.5) is 0 Å². The number of benzene rings is 1.